The van der Waals surface area contributed by atoms with E-state index in [1.54, 1.807) is 0 Å². The molecule has 0 amide bonds. The first-order chi connectivity index (χ1) is 9.16. The smallest absolute Gasteiger partial charge is 0.306 e. The zero-order chi connectivity index (χ0) is 13.4. The second kappa shape index (κ2) is 4.70. The van der Waals surface area contributed by atoms with Gasteiger partial charge in [0.05, 0.1) is 5.92 Å². The summed E-state index contributed by atoms with van der Waals surface area (Å²) >= 11 is 0. The normalized spacial score (nSPS) is 21.7. The summed E-state index contributed by atoms with van der Waals surface area (Å²) in [5.74, 6) is -0.477. The topological polar surface area (TPSA) is 65.1 Å². The van der Waals surface area contributed by atoms with Crippen molar-refractivity contribution >= 4 is 16.9 Å². The van der Waals surface area contributed by atoms with Gasteiger partial charge in [-0.15, -0.1) is 0 Å². The minimum absolute atomic E-state index is 0.128. The SMILES string of the molecule is Cc1[nH]c2ccccc2c1CNCC1CC1C(=O)O. The zero-order valence-corrected chi connectivity index (χ0v) is 10.9. The van der Waals surface area contributed by atoms with Gasteiger partial charge in [-0.2, -0.15) is 0 Å². The molecule has 2 unspecified atom stereocenters. The summed E-state index contributed by atoms with van der Waals surface area (Å²) in [6.45, 7) is 3.66. The van der Waals surface area contributed by atoms with Crippen molar-refractivity contribution in [3.63, 3.8) is 0 Å². The summed E-state index contributed by atoms with van der Waals surface area (Å²) < 4.78 is 0. The molecule has 1 aliphatic carbocycles. The molecular formula is C15H18N2O2. The number of rotatable bonds is 5. The predicted molar refractivity (Wildman–Crippen MR) is 74.0 cm³/mol. The van der Waals surface area contributed by atoms with Crippen LogP contribution < -0.4 is 5.32 Å². The molecule has 0 bridgehead atoms. The third-order valence-corrected chi connectivity index (χ3v) is 3.98. The molecule has 1 aromatic heterocycles. The number of para-hydroxylation sites is 1. The number of hydrogen-bond donors (Lipinski definition) is 3. The number of H-pyrrole nitrogens is 1. The summed E-state index contributed by atoms with van der Waals surface area (Å²) in [6, 6.07) is 8.26. The van der Waals surface area contributed by atoms with Gasteiger partial charge in [-0.25, -0.2) is 0 Å². The van der Waals surface area contributed by atoms with E-state index in [4.69, 9.17) is 5.11 Å². The largest absolute Gasteiger partial charge is 0.481 e. The lowest BCUT2D eigenvalue weighted by Crippen LogP contribution is -2.18. The fraction of sp³-hybridized carbons (Fsp3) is 0.400. The Morgan fingerprint density at radius 1 is 1.47 bits per heavy atom. The monoisotopic (exact) mass is 258 g/mol. The number of aromatic nitrogens is 1. The van der Waals surface area contributed by atoms with Crippen LogP contribution in [0.5, 0.6) is 0 Å². The number of aliphatic carboxylic acids is 1. The summed E-state index contributed by atoms with van der Waals surface area (Å²) in [4.78, 5) is 14.1. The highest BCUT2D eigenvalue weighted by Gasteiger charge is 2.42. The van der Waals surface area contributed by atoms with Crippen LogP contribution in [0.2, 0.25) is 0 Å². The van der Waals surface area contributed by atoms with Gasteiger partial charge in [0.1, 0.15) is 0 Å². The van der Waals surface area contributed by atoms with E-state index in [2.05, 4.69) is 29.4 Å². The average molecular weight is 258 g/mol. The van der Waals surface area contributed by atoms with Crippen LogP contribution in [0.1, 0.15) is 17.7 Å². The number of benzene rings is 1. The maximum Gasteiger partial charge on any atom is 0.306 e. The van der Waals surface area contributed by atoms with Crippen LogP contribution in [0, 0.1) is 18.8 Å². The van der Waals surface area contributed by atoms with Crippen LogP contribution >= 0.6 is 0 Å². The minimum Gasteiger partial charge on any atom is -0.481 e. The van der Waals surface area contributed by atoms with Crippen molar-refractivity contribution in [2.45, 2.75) is 19.9 Å². The van der Waals surface area contributed by atoms with E-state index in [1.807, 2.05) is 12.1 Å². The van der Waals surface area contributed by atoms with Crippen molar-refractivity contribution < 1.29 is 9.90 Å². The van der Waals surface area contributed by atoms with Gasteiger partial charge in [-0.3, -0.25) is 4.79 Å². The highest BCUT2D eigenvalue weighted by Crippen LogP contribution is 2.37. The molecule has 0 spiro atoms. The minimum atomic E-state index is -0.657. The number of carboxylic acid groups (broad SMARTS) is 1. The highest BCUT2D eigenvalue weighted by atomic mass is 16.4. The van der Waals surface area contributed by atoms with E-state index >= 15 is 0 Å². The Labute approximate surface area is 111 Å². The molecule has 2 aromatic rings. The summed E-state index contributed by atoms with van der Waals surface area (Å²) in [5.41, 5.74) is 3.62. The van der Waals surface area contributed by atoms with Crippen LogP contribution in [0.3, 0.4) is 0 Å². The molecule has 2 atom stereocenters. The maximum absolute atomic E-state index is 10.8. The molecule has 1 heterocycles. The molecule has 1 aromatic carbocycles. The van der Waals surface area contributed by atoms with Crippen molar-refractivity contribution in [2.75, 3.05) is 6.54 Å². The van der Waals surface area contributed by atoms with Crippen molar-refractivity contribution in [1.82, 2.24) is 10.3 Å². The van der Waals surface area contributed by atoms with Gasteiger partial charge >= 0.3 is 5.97 Å². The molecular weight excluding hydrogens is 240 g/mol. The summed E-state index contributed by atoms with van der Waals surface area (Å²) in [5, 5.41) is 13.5. The molecule has 4 nitrogen and oxygen atoms in total. The van der Waals surface area contributed by atoms with E-state index in [0.717, 1.165) is 25.0 Å². The Morgan fingerprint density at radius 3 is 3.00 bits per heavy atom. The second-order valence-electron chi connectivity index (χ2n) is 5.35. The lowest BCUT2D eigenvalue weighted by atomic mass is 10.1. The molecule has 3 N–H and O–H groups in total. The Bertz CT molecular complexity index is 618. The lowest BCUT2D eigenvalue weighted by Gasteiger charge is -2.04. The number of carbonyl (C=O) groups is 1. The van der Waals surface area contributed by atoms with Crippen LogP contribution in [-0.4, -0.2) is 22.6 Å². The molecule has 3 rings (SSSR count). The summed E-state index contributed by atoms with van der Waals surface area (Å²) in [6.07, 6.45) is 0.815. The Kier molecular flexibility index (Phi) is 3.03. The van der Waals surface area contributed by atoms with Crippen LogP contribution in [0.4, 0.5) is 0 Å². The first-order valence-electron chi connectivity index (χ1n) is 6.66. The zero-order valence-electron chi connectivity index (χ0n) is 10.9. The van der Waals surface area contributed by atoms with Crippen LogP contribution in [0.15, 0.2) is 24.3 Å². The molecule has 1 aliphatic rings. The van der Waals surface area contributed by atoms with E-state index in [0.29, 0.717) is 5.92 Å². The van der Waals surface area contributed by atoms with Gasteiger partial charge in [-0.1, -0.05) is 18.2 Å². The molecule has 0 saturated heterocycles. The van der Waals surface area contributed by atoms with Crippen molar-refractivity contribution in [2.24, 2.45) is 11.8 Å². The maximum atomic E-state index is 10.8. The van der Waals surface area contributed by atoms with Crippen LogP contribution in [0.25, 0.3) is 10.9 Å². The molecule has 19 heavy (non-hydrogen) atoms. The van der Waals surface area contributed by atoms with Gasteiger partial charge in [0.25, 0.3) is 0 Å². The Morgan fingerprint density at radius 2 is 2.26 bits per heavy atom. The van der Waals surface area contributed by atoms with Crippen LogP contribution in [-0.2, 0) is 11.3 Å². The molecule has 0 aliphatic heterocycles. The van der Waals surface area contributed by atoms with E-state index in [9.17, 15) is 4.79 Å². The second-order valence-corrected chi connectivity index (χ2v) is 5.35. The predicted octanol–water partition coefficient (Wildman–Crippen LogP) is 2.29. The Hall–Kier alpha value is -1.81. The molecule has 1 fully saturated rings. The fourth-order valence-corrected chi connectivity index (χ4v) is 2.72. The van der Waals surface area contributed by atoms with E-state index < -0.39 is 5.97 Å². The van der Waals surface area contributed by atoms with Crippen molar-refractivity contribution in [1.29, 1.82) is 0 Å². The number of carboxylic acids is 1. The number of aromatic amines is 1. The number of aryl methyl sites for hydroxylation is 1. The third kappa shape index (κ3) is 2.36. The van der Waals surface area contributed by atoms with Gasteiger partial charge in [0, 0.05) is 23.1 Å². The van der Waals surface area contributed by atoms with Gasteiger partial charge in [0.2, 0.25) is 0 Å². The lowest BCUT2D eigenvalue weighted by molar-refractivity contribution is -0.138. The number of hydrogen-bond acceptors (Lipinski definition) is 2. The molecule has 0 radical (unpaired) electrons. The number of nitrogens with one attached hydrogen (secondary N) is 2. The van der Waals surface area contributed by atoms with Crippen molar-refractivity contribution in [3.8, 4) is 0 Å². The molecule has 4 heteroatoms. The van der Waals surface area contributed by atoms with Gasteiger partial charge in [0.15, 0.2) is 0 Å². The van der Waals surface area contributed by atoms with Crippen molar-refractivity contribution in [3.05, 3.63) is 35.5 Å². The third-order valence-electron chi connectivity index (χ3n) is 3.98. The quantitative estimate of drug-likeness (QED) is 0.771. The first-order valence-corrected chi connectivity index (χ1v) is 6.66. The standard InChI is InChI=1S/C15H18N2O2/c1-9-13(11-4-2-3-5-14(11)17-9)8-16-7-10-6-12(10)15(18)19/h2-5,10,12,16-17H,6-8H2,1H3,(H,18,19). The first kappa shape index (κ1) is 12.2. The van der Waals surface area contributed by atoms with E-state index in [1.165, 1.54) is 16.6 Å². The highest BCUT2D eigenvalue weighted by molar-refractivity contribution is 5.84. The van der Waals surface area contributed by atoms with E-state index in [-0.39, 0.29) is 5.92 Å². The average Bonchev–Trinajstić information content (AvgIpc) is 3.09. The summed E-state index contributed by atoms with van der Waals surface area (Å²) in [7, 11) is 0. The fourth-order valence-electron chi connectivity index (χ4n) is 2.72. The molecule has 1 saturated carbocycles. The van der Waals surface area contributed by atoms with Gasteiger partial charge < -0.3 is 15.4 Å². The number of fused-ring (bicyclic) bond motifs is 1. The Balaban J connectivity index is 1.63. The van der Waals surface area contributed by atoms with Gasteiger partial charge in [-0.05, 0) is 37.4 Å². The molecule has 100 valence electrons.